The number of hydrogen-bond acceptors (Lipinski definition) is 5. The summed E-state index contributed by atoms with van der Waals surface area (Å²) in [5, 5.41) is 11.5. The monoisotopic (exact) mass is 373 g/mol. The average Bonchev–Trinajstić information content (AvgIpc) is 2.65. The van der Waals surface area contributed by atoms with Gasteiger partial charge in [0.1, 0.15) is 0 Å². The molecule has 2 N–H and O–H groups in total. The number of nitrogens with one attached hydrogen (secondary N) is 1. The largest absolute Gasteiger partial charge is 0.468 e. The van der Waals surface area contributed by atoms with Crippen molar-refractivity contribution in [1.82, 2.24) is 5.48 Å². The van der Waals surface area contributed by atoms with Gasteiger partial charge in [0.2, 0.25) is 0 Å². The molecule has 6 heteroatoms. The van der Waals surface area contributed by atoms with E-state index in [2.05, 4.69) is 50.5 Å². The van der Waals surface area contributed by atoms with Crippen LogP contribution in [0.2, 0.25) is 5.04 Å². The Bertz CT molecular complexity index is 661. The molecule has 0 aliphatic heterocycles. The van der Waals surface area contributed by atoms with Crippen LogP contribution < -0.4 is 15.9 Å². The lowest BCUT2D eigenvalue weighted by Crippen LogP contribution is -2.69. The number of esters is 1. The van der Waals surface area contributed by atoms with Crippen molar-refractivity contribution < 1.29 is 19.2 Å². The number of carbonyl (C=O) groups excluding carboxylic acids is 1. The molecule has 0 amide bonds. The van der Waals surface area contributed by atoms with Gasteiger partial charge in [-0.25, -0.2) is 0 Å². The lowest BCUT2D eigenvalue weighted by Gasteiger charge is -2.42. The summed E-state index contributed by atoms with van der Waals surface area (Å²) in [6.07, 6.45) is 0. The fourth-order valence-electron chi connectivity index (χ4n) is 3.11. The first-order valence-corrected chi connectivity index (χ1v) is 10.5. The molecule has 2 rings (SSSR count). The molecule has 0 unspecified atom stereocenters. The van der Waals surface area contributed by atoms with Crippen molar-refractivity contribution in [3.8, 4) is 0 Å². The van der Waals surface area contributed by atoms with E-state index in [0.717, 1.165) is 10.4 Å². The van der Waals surface area contributed by atoms with Crippen molar-refractivity contribution in [2.24, 2.45) is 0 Å². The molecule has 0 heterocycles. The van der Waals surface area contributed by atoms with Crippen LogP contribution in [0.3, 0.4) is 0 Å². The van der Waals surface area contributed by atoms with Crippen LogP contribution in [0.25, 0.3) is 0 Å². The summed E-state index contributed by atoms with van der Waals surface area (Å²) >= 11 is 0. The Morgan fingerprint density at radius 2 is 1.50 bits per heavy atom. The van der Waals surface area contributed by atoms with Crippen molar-refractivity contribution >= 4 is 24.7 Å². The zero-order valence-electron chi connectivity index (χ0n) is 15.7. The Morgan fingerprint density at radius 3 is 1.85 bits per heavy atom. The minimum Gasteiger partial charge on any atom is -0.468 e. The number of aliphatic hydroxyl groups excluding tert-OH is 1. The minimum atomic E-state index is -2.82. The van der Waals surface area contributed by atoms with Gasteiger partial charge in [-0.3, -0.25) is 4.79 Å². The summed E-state index contributed by atoms with van der Waals surface area (Å²) in [6.45, 7) is 5.98. The van der Waals surface area contributed by atoms with E-state index in [-0.39, 0.29) is 5.04 Å². The third-order valence-corrected chi connectivity index (χ3v) is 9.27. The van der Waals surface area contributed by atoms with Gasteiger partial charge in [0.05, 0.1) is 13.7 Å². The fourth-order valence-corrected chi connectivity index (χ4v) is 7.36. The first-order chi connectivity index (χ1) is 12.4. The van der Waals surface area contributed by atoms with E-state index >= 15 is 0 Å². The predicted molar refractivity (Wildman–Crippen MR) is 105 cm³/mol. The maximum Gasteiger partial charge on any atom is 0.327 e. The number of rotatable bonds is 7. The van der Waals surface area contributed by atoms with E-state index in [1.54, 1.807) is 0 Å². The number of benzene rings is 2. The molecule has 0 aliphatic carbocycles. The quantitative estimate of drug-likeness (QED) is 0.438. The first-order valence-electron chi connectivity index (χ1n) is 8.60. The van der Waals surface area contributed by atoms with Gasteiger partial charge in [0, 0.05) is 0 Å². The Morgan fingerprint density at radius 1 is 1.04 bits per heavy atom. The van der Waals surface area contributed by atoms with Gasteiger partial charge in [0.25, 0.3) is 8.32 Å². The Balaban J connectivity index is 2.55. The highest BCUT2D eigenvalue weighted by molar-refractivity contribution is 6.99. The molecule has 1 atom stereocenters. The topological polar surface area (TPSA) is 67.8 Å². The second-order valence-corrected chi connectivity index (χ2v) is 11.4. The molecule has 26 heavy (non-hydrogen) atoms. The standard InChI is InChI=1S/C20H27NO4Si/c1-20(2,3)26(16-11-7-5-8-12-16,17-13-9-6-10-14-17)25-21-18(15-22)19(23)24-4/h5-14,18,21-22H,15H2,1-4H3/t18-/m0/s1. The van der Waals surface area contributed by atoms with Gasteiger partial charge in [-0.05, 0) is 15.4 Å². The molecule has 0 aromatic heterocycles. The molecule has 0 fully saturated rings. The summed E-state index contributed by atoms with van der Waals surface area (Å²) in [4.78, 5) is 11.9. The number of hydrogen-bond donors (Lipinski definition) is 2. The van der Waals surface area contributed by atoms with Gasteiger partial charge < -0.3 is 14.4 Å². The summed E-state index contributed by atoms with van der Waals surface area (Å²) in [7, 11) is -1.53. The maximum atomic E-state index is 11.9. The molecular weight excluding hydrogens is 346 g/mol. The van der Waals surface area contributed by atoms with Crippen LogP contribution in [0, 0.1) is 0 Å². The first kappa shape index (κ1) is 20.3. The molecular formula is C20H27NO4Si. The molecule has 2 aromatic rings. The minimum absolute atomic E-state index is 0.237. The normalized spacial score (nSPS) is 13.3. The smallest absolute Gasteiger partial charge is 0.327 e. The van der Waals surface area contributed by atoms with Crippen molar-refractivity contribution in [2.75, 3.05) is 13.7 Å². The molecule has 0 bridgehead atoms. The molecule has 5 nitrogen and oxygen atoms in total. The van der Waals surface area contributed by atoms with Gasteiger partial charge in [-0.1, -0.05) is 81.4 Å². The lowest BCUT2D eigenvalue weighted by molar-refractivity contribution is -0.146. The van der Waals surface area contributed by atoms with E-state index in [0.29, 0.717) is 0 Å². The molecule has 0 spiro atoms. The van der Waals surface area contributed by atoms with Crippen LogP contribution in [0.15, 0.2) is 60.7 Å². The molecule has 140 valence electrons. The predicted octanol–water partition coefficient (Wildman–Crippen LogP) is 1.60. The van der Waals surface area contributed by atoms with Gasteiger partial charge in [-0.15, -0.1) is 0 Å². The molecule has 0 saturated heterocycles. The SMILES string of the molecule is COC(=O)[C@H](CO)NO[Si](c1ccccc1)(c1ccccc1)C(C)(C)C. The molecule has 0 saturated carbocycles. The zero-order chi connectivity index (χ0) is 19.2. The number of ether oxygens (including phenoxy) is 1. The van der Waals surface area contributed by atoms with Gasteiger partial charge in [0.15, 0.2) is 6.04 Å². The Labute approximate surface area is 156 Å². The van der Waals surface area contributed by atoms with Crippen molar-refractivity contribution in [3.63, 3.8) is 0 Å². The van der Waals surface area contributed by atoms with E-state index < -0.39 is 26.9 Å². The third-order valence-electron chi connectivity index (χ3n) is 4.44. The number of hydroxylamine groups is 1. The van der Waals surface area contributed by atoms with E-state index in [4.69, 9.17) is 9.26 Å². The summed E-state index contributed by atoms with van der Waals surface area (Å²) in [5.41, 5.74) is 2.80. The second-order valence-electron chi connectivity index (χ2n) is 7.14. The highest BCUT2D eigenvalue weighted by atomic mass is 28.4. The van der Waals surface area contributed by atoms with E-state index in [1.165, 1.54) is 7.11 Å². The van der Waals surface area contributed by atoms with Gasteiger partial charge in [-0.2, -0.15) is 5.48 Å². The third kappa shape index (κ3) is 4.04. The summed E-state index contributed by atoms with van der Waals surface area (Å²) in [6, 6.07) is 19.1. The van der Waals surface area contributed by atoms with Crippen molar-refractivity contribution in [2.45, 2.75) is 31.9 Å². The maximum absolute atomic E-state index is 11.9. The Hall–Kier alpha value is -1.99. The fraction of sp³-hybridized carbons (Fsp3) is 0.350. The Kier molecular flexibility index (Phi) is 6.72. The number of aliphatic hydroxyl groups is 1. The van der Waals surface area contributed by atoms with Gasteiger partial charge >= 0.3 is 5.97 Å². The van der Waals surface area contributed by atoms with Crippen LogP contribution in [-0.2, 0) is 14.1 Å². The average molecular weight is 374 g/mol. The highest BCUT2D eigenvalue weighted by Crippen LogP contribution is 2.36. The molecule has 0 radical (unpaired) electrons. The number of methoxy groups -OCH3 is 1. The number of carbonyl (C=O) groups is 1. The zero-order valence-corrected chi connectivity index (χ0v) is 16.7. The lowest BCUT2D eigenvalue weighted by atomic mass is 10.2. The van der Waals surface area contributed by atoms with Crippen LogP contribution >= 0.6 is 0 Å². The van der Waals surface area contributed by atoms with Crippen LogP contribution in [0.1, 0.15) is 20.8 Å². The van der Waals surface area contributed by atoms with Crippen molar-refractivity contribution in [1.29, 1.82) is 0 Å². The molecule has 2 aromatic carbocycles. The van der Waals surface area contributed by atoms with E-state index in [1.807, 2.05) is 36.4 Å². The van der Waals surface area contributed by atoms with E-state index in [9.17, 15) is 9.90 Å². The summed E-state index contributed by atoms with van der Waals surface area (Å²) < 4.78 is 11.1. The summed E-state index contributed by atoms with van der Waals surface area (Å²) in [5.74, 6) is -0.564. The highest BCUT2D eigenvalue weighted by Gasteiger charge is 2.51. The van der Waals surface area contributed by atoms with Crippen LogP contribution in [0.4, 0.5) is 0 Å². The van der Waals surface area contributed by atoms with Crippen LogP contribution in [0.5, 0.6) is 0 Å². The second kappa shape index (κ2) is 8.59. The molecule has 0 aliphatic rings. The van der Waals surface area contributed by atoms with Crippen molar-refractivity contribution in [3.05, 3.63) is 60.7 Å². The van der Waals surface area contributed by atoms with Crippen LogP contribution in [-0.4, -0.2) is 39.2 Å².